The Balaban J connectivity index is 1.86. The van der Waals surface area contributed by atoms with Crippen molar-refractivity contribution in [1.29, 1.82) is 0 Å². The van der Waals surface area contributed by atoms with Crippen LogP contribution in [0.1, 0.15) is 58.8 Å². The first-order chi connectivity index (χ1) is 13.3. The average Bonchev–Trinajstić information content (AvgIpc) is 3.11. The lowest BCUT2D eigenvalue weighted by Crippen LogP contribution is -2.38. The van der Waals surface area contributed by atoms with Gasteiger partial charge in [0.15, 0.2) is 11.4 Å². The number of aromatic nitrogens is 1. The average molecular weight is 385 g/mol. The highest BCUT2D eigenvalue weighted by Gasteiger charge is 2.32. The smallest absolute Gasteiger partial charge is 0.435 e. The number of carbonyl (C=O) groups is 2. The summed E-state index contributed by atoms with van der Waals surface area (Å²) >= 11 is 0. The van der Waals surface area contributed by atoms with Gasteiger partial charge < -0.3 is 9.32 Å². The fourth-order valence-corrected chi connectivity index (χ4v) is 3.27. The molecule has 0 unspecified atom stereocenters. The topological polar surface area (TPSA) is 85.0 Å². The molecule has 0 spiro atoms. The Bertz CT molecular complexity index is 855. The standard InChI is InChI=1S/C21H27N3O4/c1-21(2,3)18(25)17(19-22-15-12-8-9-13-16(15)27-19)23-28-20(26)24(4)14-10-6-5-7-11-14/h8-9,12-14H,5-7,10-11H2,1-4H3. The third kappa shape index (κ3) is 4.40. The molecule has 7 heteroatoms. The van der Waals surface area contributed by atoms with Crippen LogP contribution in [0.25, 0.3) is 11.1 Å². The summed E-state index contributed by atoms with van der Waals surface area (Å²) in [5.74, 6) is -0.263. The summed E-state index contributed by atoms with van der Waals surface area (Å²) in [5, 5.41) is 3.89. The van der Waals surface area contributed by atoms with Crippen LogP contribution >= 0.6 is 0 Å². The summed E-state index contributed by atoms with van der Waals surface area (Å²) in [4.78, 5) is 36.4. The molecule has 0 aliphatic heterocycles. The van der Waals surface area contributed by atoms with E-state index in [1.165, 1.54) is 6.42 Å². The predicted molar refractivity (Wildman–Crippen MR) is 106 cm³/mol. The van der Waals surface area contributed by atoms with Gasteiger partial charge in [-0.3, -0.25) is 9.63 Å². The number of para-hydroxylation sites is 2. The Morgan fingerprint density at radius 3 is 2.50 bits per heavy atom. The molecule has 3 rings (SSSR count). The largest absolute Gasteiger partial charge is 0.435 e. The third-order valence-electron chi connectivity index (χ3n) is 5.02. The van der Waals surface area contributed by atoms with Crippen LogP contribution in [-0.4, -0.2) is 40.6 Å². The lowest BCUT2D eigenvalue weighted by molar-refractivity contribution is -0.119. The lowest BCUT2D eigenvalue weighted by atomic mass is 9.88. The van der Waals surface area contributed by atoms with Crippen molar-refractivity contribution in [3.63, 3.8) is 0 Å². The van der Waals surface area contributed by atoms with Crippen LogP contribution in [0.15, 0.2) is 33.8 Å². The first kappa shape index (κ1) is 20.0. The minimum absolute atomic E-state index is 0.0502. The molecule has 1 heterocycles. The summed E-state index contributed by atoms with van der Waals surface area (Å²) in [6.07, 6.45) is 4.72. The molecule has 7 nitrogen and oxygen atoms in total. The van der Waals surface area contributed by atoms with E-state index in [1.54, 1.807) is 44.9 Å². The summed E-state index contributed by atoms with van der Waals surface area (Å²) in [5.41, 5.74) is 0.325. The van der Waals surface area contributed by atoms with E-state index in [4.69, 9.17) is 9.25 Å². The number of oxime groups is 1. The van der Waals surface area contributed by atoms with Gasteiger partial charge in [0.1, 0.15) is 5.52 Å². The van der Waals surface area contributed by atoms with Crippen LogP contribution in [0.4, 0.5) is 4.79 Å². The minimum atomic E-state index is -0.735. The molecule has 1 aromatic heterocycles. The van der Waals surface area contributed by atoms with Gasteiger partial charge in [0.25, 0.3) is 5.89 Å². The van der Waals surface area contributed by atoms with Crippen LogP contribution in [-0.2, 0) is 9.63 Å². The molecule has 1 aliphatic rings. The number of amides is 1. The second kappa shape index (κ2) is 8.12. The van der Waals surface area contributed by atoms with Crippen molar-refractivity contribution in [3.8, 4) is 0 Å². The van der Waals surface area contributed by atoms with E-state index in [1.807, 2.05) is 12.1 Å². The number of oxazole rings is 1. The van der Waals surface area contributed by atoms with Gasteiger partial charge in [-0.2, -0.15) is 0 Å². The number of fused-ring (bicyclic) bond motifs is 1. The highest BCUT2D eigenvalue weighted by molar-refractivity contribution is 6.46. The number of hydrogen-bond donors (Lipinski definition) is 0. The quantitative estimate of drug-likeness (QED) is 0.438. The van der Waals surface area contributed by atoms with Gasteiger partial charge in [0, 0.05) is 18.5 Å². The number of ketones is 1. The summed E-state index contributed by atoms with van der Waals surface area (Å²) in [7, 11) is 1.71. The first-order valence-electron chi connectivity index (χ1n) is 9.70. The van der Waals surface area contributed by atoms with Crippen LogP contribution in [0.2, 0.25) is 0 Å². The molecule has 1 fully saturated rings. The monoisotopic (exact) mass is 385 g/mol. The third-order valence-corrected chi connectivity index (χ3v) is 5.02. The van der Waals surface area contributed by atoms with E-state index in [9.17, 15) is 9.59 Å². The van der Waals surface area contributed by atoms with Crippen LogP contribution in [0, 0.1) is 5.41 Å². The molecule has 150 valence electrons. The van der Waals surface area contributed by atoms with E-state index in [0.29, 0.717) is 11.1 Å². The van der Waals surface area contributed by atoms with Crippen LogP contribution in [0.5, 0.6) is 0 Å². The minimum Gasteiger partial charge on any atom is -0.435 e. The van der Waals surface area contributed by atoms with E-state index in [2.05, 4.69) is 10.1 Å². The molecule has 1 aromatic carbocycles. The van der Waals surface area contributed by atoms with Gasteiger partial charge in [0.2, 0.25) is 5.71 Å². The zero-order chi connectivity index (χ0) is 20.3. The number of rotatable bonds is 4. The molecule has 0 radical (unpaired) electrons. The fraction of sp³-hybridized carbons (Fsp3) is 0.524. The Morgan fingerprint density at radius 1 is 1.18 bits per heavy atom. The van der Waals surface area contributed by atoms with E-state index >= 15 is 0 Å². The van der Waals surface area contributed by atoms with Crippen molar-refractivity contribution in [3.05, 3.63) is 30.2 Å². The van der Waals surface area contributed by atoms with E-state index in [-0.39, 0.29) is 23.4 Å². The van der Waals surface area contributed by atoms with Gasteiger partial charge in [0.05, 0.1) is 0 Å². The molecule has 0 atom stereocenters. The Hall–Kier alpha value is -2.70. The van der Waals surface area contributed by atoms with Crippen molar-refractivity contribution in [1.82, 2.24) is 9.88 Å². The summed E-state index contributed by atoms with van der Waals surface area (Å²) in [6, 6.07) is 7.33. The summed E-state index contributed by atoms with van der Waals surface area (Å²) < 4.78 is 5.69. The molecule has 0 bridgehead atoms. The Labute approximate surface area is 164 Å². The summed E-state index contributed by atoms with van der Waals surface area (Å²) in [6.45, 7) is 5.30. The molecule has 0 N–H and O–H groups in total. The molecule has 28 heavy (non-hydrogen) atoms. The zero-order valence-corrected chi connectivity index (χ0v) is 16.9. The van der Waals surface area contributed by atoms with Crippen LogP contribution in [0.3, 0.4) is 0 Å². The maximum absolute atomic E-state index is 12.9. The van der Waals surface area contributed by atoms with Gasteiger partial charge in [-0.15, -0.1) is 0 Å². The molecule has 0 saturated heterocycles. The SMILES string of the molecule is CN(C(=O)ON=C(C(=O)C(C)(C)C)c1nc2ccccc2o1)C1CCCCC1. The number of nitrogens with zero attached hydrogens (tertiary/aromatic N) is 3. The van der Waals surface area contributed by atoms with Crippen molar-refractivity contribution in [2.75, 3.05) is 7.05 Å². The number of carbonyl (C=O) groups excluding carboxylic acids is 2. The highest BCUT2D eigenvalue weighted by atomic mass is 16.7. The Kier molecular flexibility index (Phi) is 5.82. The van der Waals surface area contributed by atoms with Gasteiger partial charge in [-0.05, 0) is 25.0 Å². The fourth-order valence-electron chi connectivity index (χ4n) is 3.27. The van der Waals surface area contributed by atoms with Crippen molar-refractivity contribution >= 4 is 28.7 Å². The van der Waals surface area contributed by atoms with Crippen molar-refractivity contribution < 1.29 is 18.8 Å². The normalized spacial score (nSPS) is 16.2. The Morgan fingerprint density at radius 2 is 1.86 bits per heavy atom. The van der Waals surface area contributed by atoms with Crippen molar-refractivity contribution in [2.24, 2.45) is 10.6 Å². The number of Topliss-reactive ketones (excluding diaryl/α,β-unsaturated/α-hetero) is 1. The zero-order valence-electron chi connectivity index (χ0n) is 16.9. The predicted octanol–water partition coefficient (Wildman–Crippen LogP) is 4.55. The molecule has 1 saturated carbocycles. The maximum atomic E-state index is 12.9. The first-order valence-corrected chi connectivity index (χ1v) is 9.70. The lowest BCUT2D eigenvalue weighted by Gasteiger charge is -2.29. The molecule has 1 amide bonds. The van der Waals surface area contributed by atoms with E-state index in [0.717, 1.165) is 25.7 Å². The van der Waals surface area contributed by atoms with Crippen LogP contribution < -0.4 is 0 Å². The van der Waals surface area contributed by atoms with Crippen molar-refractivity contribution in [2.45, 2.75) is 58.9 Å². The molecule has 2 aromatic rings. The molecular formula is C21H27N3O4. The maximum Gasteiger partial charge on any atom is 0.435 e. The van der Waals surface area contributed by atoms with E-state index < -0.39 is 11.5 Å². The molecular weight excluding hydrogens is 358 g/mol. The second-order valence-corrected chi connectivity index (χ2v) is 8.27. The van der Waals surface area contributed by atoms with Gasteiger partial charge in [-0.25, -0.2) is 9.78 Å². The number of hydrogen-bond acceptors (Lipinski definition) is 6. The highest BCUT2D eigenvalue weighted by Crippen LogP contribution is 2.23. The number of benzene rings is 1. The second-order valence-electron chi connectivity index (χ2n) is 8.27. The van der Waals surface area contributed by atoms with Gasteiger partial charge in [-0.1, -0.05) is 57.3 Å². The van der Waals surface area contributed by atoms with Gasteiger partial charge >= 0.3 is 6.09 Å². The molecule has 1 aliphatic carbocycles.